The molecule has 1 atom stereocenters. The van der Waals surface area contributed by atoms with E-state index in [1.165, 1.54) is 0 Å². The van der Waals surface area contributed by atoms with Crippen molar-refractivity contribution >= 4 is 12.0 Å². The quantitative estimate of drug-likeness (QED) is 0.568. The predicted molar refractivity (Wildman–Crippen MR) is 58.2 cm³/mol. The lowest BCUT2D eigenvalue weighted by atomic mass is 10.3. The first-order valence-electron chi connectivity index (χ1n) is 4.65. The number of benzene rings is 1. The molecule has 0 aliphatic rings. The van der Waals surface area contributed by atoms with Gasteiger partial charge in [-0.1, -0.05) is 18.2 Å². The second kappa shape index (κ2) is 5.40. The lowest BCUT2D eigenvalue weighted by Crippen LogP contribution is -2.35. The fourth-order valence-corrected chi connectivity index (χ4v) is 1.22. The molecule has 3 heteroatoms. The number of anilines is 1. The van der Waals surface area contributed by atoms with Crippen molar-refractivity contribution in [1.29, 1.82) is 0 Å². The number of carbonyl (C=O) groups excluding carboxylic acids is 1. The Balaban J connectivity index is 2.60. The van der Waals surface area contributed by atoms with Crippen LogP contribution in [0.3, 0.4) is 0 Å². The number of nitrogens with one attached hydrogen (secondary N) is 1. The fraction of sp³-hybridized carbons (Fsp3) is 0.364. The zero-order valence-corrected chi connectivity index (χ0v) is 8.60. The van der Waals surface area contributed by atoms with Crippen LogP contribution >= 0.6 is 0 Å². The molecule has 14 heavy (non-hydrogen) atoms. The molecule has 0 fully saturated rings. The lowest BCUT2D eigenvalue weighted by Gasteiger charge is -2.24. The number of rotatable bonds is 5. The predicted octanol–water partition coefficient (Wildman–Crippen LogP) is 1.58. The molecule has 1 rings (SSSR count). The van der Waals surface area contributed by atoms with Crippen LogP contribution in [0.15, 0.2) is 30.3 Å². The number of hydrogen-bond acceptors (Lipinski definition) is 3. The van der Waals surface area contributed by atoms with E-state index in [9.17, 15) is 4.79 Å². The van der Waals surface area contributed by atoms with E-state index in [0.717, 1.165) is 12.0 Å². The minimum absolute atomic E-state index is 0.0647. The van der Waals surface area contributed by atoms with Crippen LogP contribution in [-0.4, -0.2) is 31.4 Å². The van der Waals surface area contributed by atoms with Crippen molar-refractivity contribution in [2.75, 3.05) is 19.4 Å². The van der Waals surface area contributed by atoms with Gasteiger partial charge >= 0.3 is 0 Å². The molecule has 0 saturated heterocycles. The van der Waals surface area contributed by atoms with E-state index >= 15 is 0 Å². The number of hydrogen-bond donors (Lipinski definition) is 1. The van der Waals surface area contributed by atoms with E-state index in [1.54, 1.807) is 0 Å². The summed E-state index contributed by atoms with van der Waals surface area (Å²) in [4.78, 5) is 12.4. The summed E-state index contributed by atoms with van der Waals surface area (Å²) in [6.07, 6.45) is 1.48. The van der Waals surface area contributed by atoms with Crippen LogP contribution in [0.5, 0.6) is 0 Å². The van der Waals surface area contributed by atoms with Crippen LogP contribution in [0.1, 0.15) is 6.42 Å². The molecule has 0 bridgehead atoms. The Bertz CT molecular complexity index is 272. The van der Waals surface area contributed by atoms with Crippen molar-refractivity contribution in [3.8, 4) is 0 Å². The Hall–Kier alpha value is -1.35. The molecule has 76 valence electrons. The SMILES string of the molecule is CN(C)C(CC=O)Nc1ccccc1. The van der Waals surface area contributed by atoms with Gasteiger partial charge in [0.05, 0.1) is 6.17 Å². The maximum absolute atomic E-state index is 10.4. The van der Waals surface area contributed by atoms with Crippen molar-refractivity contribution < 1.29 is 4.79 Å². The highest BCUT2D eigenvalue weighted by molar-refractivity contribution is 5.53. The Labute approximate surface area is 84.7 Å². The summed E-state index contributed by atoms with van der Waals surface area (Å²) in [7, 11) is 3.90. The maximum atomic E-state index is 10.4. The lowest BCUT2D eigenvalue weighted by molar-refractivity contribution is -0.108. The van der Waals surface area contributed by atoms with Crippen LogP contribution in [-0.2, 0) is 4.79 Å². The van der Waals surface area contributed by atoms with Gasteiger partial charge in [0.15, 0.2) is 0 Å². The van der Waals surface area contributed by atoms with Gasteiger partial charge in [0.25, 0.3) is 0 Å². The van der Waals surface area contributed by atoms with Crippen molar-refractivity contribution in [3.63, 3.8) is 0 Å². The van der Waals surface area contributed by atoms with Gasteiger partial charge in [-0.05, 0) is 26.2 Å². The molecule has 0 heterocycles. The van der Waals surface area contributed by atoms with E-state index in [1.807, 2.05) is 49.3 Å². The molecule has 3 nitrogen and oxygen atoms in total. The van der Waals surface area contributed by atoms with Crippen LogP contribution < -0.4 is 5.32 Å². The van der Waals surface area contributed by atoms with Crippen LogP contribution in [0.25, 0.3) is 0 Å². The Morgan fingerprint density at radius 2 is 2.00 bits per heavy atom. The van der Waals surface area contributed by atoms with E-state index < -0.39 is 0 Å². The second-order valence-electron chi connectivity index (χ2n) is 3.39. The Morgan fingerprint density at radius 3 is 2.50 bits per heavy atom. The number of carbonyl (C=O) groups is 1. The number of nitrogens with zero attached hydrogens (tertiary/aromatic N) is 1. The first-order valence-corrected chi connectivity index (χ1v) is 4.65. The standard InChI is InChI=1S/C11H16N2O/c1-13(2)11(8-9-14)12-10-6-4-3-5-7-10/h3-7,9,11-12H,8H2,1-2H3. The molecule has 0 aliphatic carbocycles. The number of aldehydes is 1. The van der Waals surface area contributed by atoms with Gasteiger partial charge in [-0.2, -0.15) is 0 Å². The molecule has 0 aromatic heterocycles. The van der Waals surface area contributed by atoms with Gasteiger partial charge in [-0.3, -0.25) is 4.90 Å². The van der Waals surface area contributed by atoms with Crippen LogP contribution in [0, 0.1) is 0 Å². The number of para-hydroxylation sites is 1. The normalized spacial score (nSPS) is 12.5. The molecule has 0 spiro atoms. The maximum Gasteiger partial charge on any atom is 0.123 e. The van der Waals surface area contributed by atoms with Crippen molar-refractivity contribution in [2.45, 2.75) is 12.6 Å². The highest BCUT2D eigenvalue weighted by Crippen LogP contribution is 2.09. The fourth-order valence-electron chi connectivity index (χ4n) is 1.22. The third kappa shape index (κ3) is 3.18. The molecule has 0 radical (unpaired) electrons. The molecular weight excluding hydrogens is 176 g/mol. The van der Waals surface area contributed by atoms with E-state index in [2.05, 4.69) is 5.32 Å². The zero-order valence-electron chi connectivity index (χ0n) is 8.60. The highest BCUT2D eigenvalue weighted by atomic mass is 16.1. The summed E-state index contributed by atoms with van der Waals surface area (Å²) in [6.45, 7) is 0. The van der Waals surface area contributed by atoms with E-state index in [-0.39, 0.29) is 6.17 Å². The van der Waals surface area contributed by atoms with E-state index in [0.29, 0.717) is 6.42 Å². The summed E-state index contributed by atoms with van der Waals surface area (Å²) >= 11 is 0. The molecule has 0 amide bonds. The van der Waals surface area contributed by atoms with E-state index in [4.69, 9.17) is 0 Å². The summed E-state index contributed by atoms with van der Waals surface area (Å²) < 4.78 is 0. The molecule has 1 aromatic rings. The zero-order chi connectivity index (χ0) is 10.4. The summed E-state index contributed by atoms with van der Waals surface area (Å²) in [5, 5.41) is 3.27. The topological polar surface area (TPSA) is 32.3 Å². The second-order valence-corrected chi connectivity index (χ2v) is 3.39. The van der Waals surface area contributed by atoms with Gasteiger partial charge in [0, 0.05) is 12.1 Å². The van der Waals surface area contributed by atoms with Crippen LogP contribution in [0.4, 0.5) is 5.69 Å². The summed E-state index contributed by atoms with van der Waals surface area (Å²) in [5.74, 6) is 0. The average molecular weight is 192 g/mol. The summed E-state index contributed by atoms with van der Waals surface area (Å²) in [5.41, 5.74) is 1.04. The van der Waals surface area contributed by atoms with Crippen molar-refractivity contribution in [1.82, 2.24) is 4.90 Å². The molecule has 0 aliphatic heterocycles. The average Bonchev–Trinajstić information content (AvgIpc) is 2.18. The first-order chi connectivity index (χ1) is 6.74. The van der Waals surface area contributed by atoms with Crippen molar-refractivity contribution in [2.24, 2.45) is 0 Å². The minimum Gasteiger partial charge on any atom is -0.369 e. The van der Waals surface area contributed by atoms with Crippen molar-refractivity contribution in [3.05, 3.63) is 30.3 Å². The van der Waals surface area contributed by atoms with Gasteiger partial charge in [0.2, 0.25) is 0 Å². The highest BCUT2D eigenvalue weighted by Gasteiger charge is 2.09. The Morgan fingerprint density at radius 1 is 1.36 bits per heavy atom. The van der Waals surface area contributed by atoms with Gasteiger partial charge < -0.3 is 10.1 Å². The first kappa shape index (κ1) is 10.7. The Kier molecular flexibility index (Phi) is 4.13. The molecule has 1 N–H and O–H groups in total. The third-order valence-corrected chi connectivity index (χ3v) is 2.05. The van der Waals surface area contributed by atoms with Crippen LogP contribution in [0.2, 0.25) is 0 Å². The molecule has 1 unspecified atom stereocenters. The monoisotopic (exact) mass is 192 g/mol. The van der Waals surface area contributed by atoms with Gasteiger partial charge in [-0.15, -0.1) is 0 Å². The summed E-state index contributed by atoms with van der Waals surface area (Å²) in [6, 6.07) is 9.88. The van der Waals surface area contributed by atoms with Gasteiger partial charge in [0.1, 0.15) is 6.29 Å². The minimum atomic E-state index is 0.0647. The smallest absolute Gasteiger partial charge is 0.123 e. The molecule has 0 saturated carbocycles. The third-order valence-electron chi connectivity index (χ3n) is 2.05. The molecule has 1 aromatic carbocycles. The van der Waals surface area contributed by atoms with Gasteiger partial charge in [-0.25, -0.2) is 0 Å². The largest absolute Gasteiger partial charge is 0.369 e. The molecular formula is C11H16N2O.